The minimum atomic E-state index is -3.67. The Hall–Kier alpha value is -1.97. The summed E-state index contributed by atoms with van der Waals surface area (Å²) in [6, 6.07) is 5.52. The van der Waals surface area contributed by atoms with E-state index < -0.39 is 15.9 Å². The number of carbonyl (C=O) groups excluding carboxylic acids is 2. The Morgan fingerprint density at radius 3 is 2.15 bits per heavy atom. The van der Waals surface area contributed by atoms with Gasteiger partial charge in [0.15, 0.2) is 0 Å². The molecule has 27 heavy (non-hydrogen) atoms. The number of benzene rings is 1. The van der Waals surface area contributed by atoms with E-state index in [1.807, 2.05) is 13.8 Å². The van der Waals surface area contributed by atoms with Crippen LogP contribution in [0.4, 0.5) is 0 Å². The van der Waals surface area contributed by atoms with Crippen LogP contribution in [-0.2, 0) is 19.6 Å². The van der Waals surface area contributed by atoms with Crippen LogP contribution >= 0.6 is 0 Å². The van der Waals surface area contributed by atoms with Gasteiger partial charge in [0.05, 0.1) is 23.6 Å². The van der Waals surface area contributed by atoms with E-state index in [2.05, 4.69) is 0 Å². The third-order valence-corrected chi connectivity index (χ3v) is 6.18. The monoisotopic (exact) mass is 397 g/mol. The van der Waals surface area contributed by atoms with E-state index >= 15 is 0 Å². The fourth-order valence-corrected chi connectivity index (χ4v) is 4.66. The number of carbonyl (C=O) groups is 2. The first kappa shape index (κ1) is 21.3. The Bertz CT molecular complexity index is 782. The molecule has 1 saturated heterocycles. The van der Waals surface area contributed by atoms with Crippen LogP contribution in [0.3, 0.4) is 0 Å². The van der Waals surface area contributed by atoms with Crippen molar-refractivity contribution in [3.8, 4) is 0 Å². The van der Waals surface area contributed by atoms with Crippen molar-refractivity contribution in [1.29, 1.82) is 0 Å². The van der Waals surface area contributed by atoms with Crippen molar-refractivity contribution in [2.45, 2.75) is 50.8 Å². The number of nitrogens with zero attached hydrogens (tertiary/aromatic N) is 2. The van der Waals surface area contributed by atoms with Crippen LogP contribution < -0.4 is 5.73 Å². The predicted octanol–water partition coefficient (Wildman–Crippen LogP) is 0.820. The Kier molecular flexibility index (Phi) is 6.61. The van der Waals surface area contributed by atoms with Crippen LogP contribution in [0.5, 0.6) is 0 Å². The minimum absolute atomic E-state index is 0.117. The molecule has 1 aromatic carbocycles. The summed E-state index contributed by atoms with van der Waals surface area (Å²) in [4.78, 5) is 25.3. The molecule has 1 heterocycles. The summed E-state index contributed by atoms with van der Waals surface area (Å²) >= 11 is 0. The van der Waals surface area contributed by atoms with Gasteiger partial charge >= 0.3 is 0 Å². The van der Waals surface area contributed by atoms with Crippen molar-refractivity contribution in [3.63, 3.8) is 0 Å². The number of morpholine rings is 1. The summed E-state index contributed by atoms with van der Waals surface area (Å²) in [7, 11) is -3.67. The first-order valence-corrected chi connectivity index (χ1v) is 10.3. The lowest BCUT2D eigenvalue weighted by molar-refractivity contribution is -0.119. The first-order chi connectivity index (χ1) is 12.5. The number of ether oxygens (including phenoxy) is 1. The van der Waals surface area contributed by atoms with Crippen molar-refractivity contribution in [2.24, 2.45) is 5.73 Å². The number of rotatable bonds is 6. The predicted molar refractivity (Wildman–Crippen MR) is 101 cm³/mol. The van der Waals surface area contributed by atoms with Crippen molar-refractivity contribution >= 4 is 21.8 Å². The molecular weight excluding hydrogens is 370 g/mol. The Morgan fingerprint density at radius 2 is 1.70 bits per heavy atom. The van der Waals surface area contributed by atoms with E-state index in [4.69, 9.17) is 10.5 Å². The topological polar surface area (TPSA) is 110 Å². The summed E-state index contributed by atoms with van der Waals surface area (Å²) in [6.07, 6.45) is -0.365. The second kappa shape index (κ2) is 8.37. The van der Waals surface area contributed by atoms with Gasteiger partial charge in [0.1, 0.15) is 0 Å². The molecule has 2 rings (SSSR count). The zero-order valence-corrected chi connectivity index (χ0v) is 16.9. The second-order valence-electron chi connectivity index (χ2n) is 7.10. The molecule has 1 aliphatic rings. The van der Waals surface area contributed by atoms with Crippen molar-refractivity contribution in [1.82, 2.24) is 9.21 Å². The zero-order valence-electron chi connectivity index (χ0n) is 16.1. The molecule has 0 aromatic heterocycles. The van der Waals surface area contributed by atoms with Crippen molar-refractivity contribution in [3.05, 3.63) is 29.8 Å². The Balaban J connectivity index is 2.23. The van der Waals surface area contributed by atoms with Crippen molar-refractivity contribution < 1.29 is 22.7 Å². The smallest absolute Gasteiger partial charge is 0.254 e. The van der Waals surface area contributed by atoms with Gasteiger partial charge in [-0.25, -0.2) is 8.42 Å². The molecule has 0 saturated carbocycles. The largest absolute Gasteiger partial charge is 0.373 e. The molecule has 8 nitrogen and oxygen atoms in total. The highest BCUT2D eigenvalue weighted by molar-refractivity contribution is 7.89. The van der Waals surface area contributed by atoms with Gasteiger partial charge in [-0.2, -0.15) is 4.31 Å². The summed E-state index contributed by atoms with van der Waals surface area (Å²) < 4.78 is 32.7. The standard InChI is InChI=1S/C18H27N3O5S/c1-12(2)21(11-17(19)22)18(23)15-5-7-16(8-6-15)27(24,25)20-9-13(3)26-14(4)10-20/h5-8,12-14H,9-11H2,1-4H3,(H2,19,22)/t13-,14-/m0/s1. The third-order valence-electron chi connectivity index (χ3n) is 4.34. The number of amides is 2. The van der Waals surface area contributed by atoms with Gasteiger partial charge in [-0.05, 0) is 52.0 Å². The van der Waals surface area contributed by atoms with Crippen LogP contribution in [0.25, 0.3) is 0 Å². The maximum absolute atomic E-state index is 12.9. The number of hydrogen-bond donors (Lipinski definition) is 1. The molecule has 0 unspecified atom stereocenters. The average Bonchev–Trinajstić information content (AvgIpc) is 2.58. The van der Waals surface area contributed by atoms with Gasteiger partial charge in [0.2, 0.25) is 15.9 Å². The van der Waals surface area contributed by atoms with Gasteiger partial charge in [0.25, 0.3) is 5.91 Å². The van der Waals surface area contributed by atoms with E-state index in [1.165, 1.54) is 33.5 Å². The fourth-order valence-electron chi connectivity index (χ4n) is 3.07. The molecule has 0 bridgehead atoms. The number of primary amides is 1. The minimum Gasteiger partial charge on any atom is -0.373 e. The van der Waals surface area contributed by atoms with Gasteiger partial charge < -0.3 is 15.4 Å². The fraction of sp³-hybridized carbons (Fsp3) is 0.556. The Morgan fingerprint density at radius 1 is 1.19 bits per heavy atom. The van der Waals surface area contributed by atoms with E-state index in [0.29, 0.717) is 5.56 Å². The summed E-state index contributed by atoms with van der Waals surface area (Å²) in [5.41, 5.74) is 5.50. The molecule has 1 aliphatic heterocycles. The van der Waals surface area contributed by atoms with E-state index in [9.17, 15) is 18.0 Å². The lowest BCUT2D eigenvalue weighted by atomic mass is 10.1. The molecule has 150 valence electrons. The van der Waals surface area contributed by atoms with Gasteiger partial charge in [-0.1, -0.05) is 0 Å². The highest BCUT2D eigenvalue weighted by atomic mass is 32.2. The Labute approximate surface area is 160 Å². The van der Waals surface area contributed by atoms with E-state index in [0.717, 1.165) is 0 Å². The maximum Gasteiger partial charge on any atom is 0.254 e. The number of hydrogen-bond acceptors (Lipinski definition) is 5. The quantitative estimate of drug-likeness (QED) is 0.764. The molecule has 1 fully saturated rings. The molecule has 2 amide bonds. The molecular formula is C18H27N3O5S. The van der Waals surface area contributed by atoms with Crippen LogP contribution in [0.1, 0.15) is 38.1 Å². The van der Waals surface area contributed by atoms with Crippen LogP contribution in [-0.4, -0.2) is 67.3 Å². The normalized spacial score (nSPS) is 21.2. The van der Waals surface area contributed by atoms with E-state index in [1.54, 1.807) is 13.8 Å². The third kappa shape index (κ3) is 5.06. The zero-order chi connectivity index (χ0) is 20.4. The first-order valence-electron chi connectivity index (χ1n) is 8.87. The van der Waals surface area contributed by atoms with E-state index in [-0.39, 0.29) is 48.7 Å². The van der Waals surface area contributed by atoms with Crippen LogP contribution in [0, 0.1) is 0 Å². The molecule has 2 N–H and O–H groups in total. The molecule has 2 atom stereocenters. The molecule has 1 aromatic rings. The molecule has 9 heteroatoms. The molecule has 0 aliphatic carbocycles. The van der Waals surface area contributed by atoms with Gasteiger partial charge in [0, 0.05) is 24.7 Å². The lowest BCUT2D eigenvalue weighted by Gasteiger charge is -2.34. The molecule has 0 spiro atoms. The van der Waals surface area contributed by atoms with Crippen molar-refractivity contribution in [2.75, 3.05) is 19.6 Å². The summed E-state index contributed by atoms with van der Waals surface area (Å²) in [5, 5.41) is 0. The highest BCUT2D eigenvalue weighted by Gasteiger charge is 2.32. The second-order valence-corrected chi connectivity index (χ2v) is 9.03. The van der Waals surface area contributed by atoms with Gasteiger partial charge in [-0.15, -0.1) is 0 Å². The van der Waals surface area contributed by atoms with Crippen LogP contribution in [0.2, 0.25) is 0 Å². The maximum atomic E-state index is 12.9. The SMILES string of the molecule is CC(C)N(CC(N)=O)C(=O)c1ccc(S(=O)(=O)N2C[C@H](C)O[C@@H](C)C2)cc1. The van der Waals surface area contributed by atoms with Gasteiger partial charge in [-0.3, -0.25) is 9.59 Å². The number of nitrogens with two attached hydrogens (primary N) is 1. The van der Waals surface area contributed by atoms with Crippen LogP contribution in [0.15, 0.2) is 29.2 Å². The average molecular weight is 397 g/mol. The summed E-state index contributed by atoms with van der Waals surface area (Å²) in [5.74, 6) is -0.979. The lowest BCUT2D eigenvalue weighted by Crippen LogP contribution is -2.48. The highest BCUT2D eigenvalue weighted by Crippen LogP contribution is 2.22. The number of sulfonamides is 1. The molecule has 0 radical (unpaired) electrons. The summed E-state index contributed by atoms with van der Waals surface area (Å²) in [6.45, 7) is 7.60.